The van der Waals surface area contributed by atoms with E-state index in [1.807, 2.05) is 21.1 Å². The molecule has 416 valence electrons. The summed E-state index contributed by atoms with van der Waals surface area (Å²) in [6.07, 6.45) is 76.1. The summed E-state index contributed by atoms with van der Waals surface area (Å²) in [5, 5.41) is 11.8. The number of quaternary nitrogens is 1. The number of carbonyl (C=O) groups is 3. The van der Waals surface area contributed by atoms with Crippen molar-refractivity contribution in [3.63, 3.8) is 0 Å². The van der Waals surface area contributed by atoms with Gasteiger partial charge in [0.25, 0.3) is 0 Å². The Morgan fingerprint density at radius 1 is 0.419 bits per heavy atom. The summed E-state index contributed by atoms with van der Waals surface area (Å²) in [6.45, 7) is 4.51. The summed E-state index contributed by atoms with van der Waals surface area (Å²) in [4.78, 5) is 37.2. The second-order valence-corrected chi connectivity index (χ2v) is 19.5. The van der Waals surface area contributed by atoms with E-state index >= 15 is 0 Å². The lowest BCUT2D eigenvalue weighted by Gasteiger charge is -2.26. The van der Waals surface area contributed by atoms with Crippen LogP contribution in [0.5, 0.6) is 0 Å². The molecular formula is C65H103NO8. The molecule has 2 unspecified atom stereocenters. The minimum atomic E-state index is -1.64. The van der Waals surface area contributed by atoms with Gasteiger partial charge in [0.05, 0.1) is 40.3 Å². The highest BCUT2D eigenvalue weighted by molar-refractivity contribution is 5.70. The van der Waals surface area contributed by atoms with E-state index in [1.54, 1.807) is 0 Å². The van der Waals surface area contributed by atoms with Gasteiger partial charge in [0.1, 0.15) is 13.2 Å². The summed E-state index contributed by atoms with van der Waals surface area (Å²) < 4.78 is 22.6. The van der Waals surface area contributed by atoms with Crippen molar-refractivity contribution >= 4 is 17.9 Å². The van der Waals surface area contributed by atoms with Crippen LogP contribution in [0, 0.1) is 0 Å². The lowest BCUT2D eigenvalue weighted by atomic mass is 10.1. The Bertz CT molecular complexity index is 1720. The standard InChI is InChI=1S/C65H103NO8/c1-6-8-10-12-14-16-18-20-22-23-24-25-26-27-28-29-30-31-32-33-34-35-36-37-38-39-40-41-42-44-46-48-50-52-54-56-63(68)74-61(60-73-65(64(69)70)71-58-57-66(3,4)5)59-72-62(67)55-53-51-49-47-45-43-21-19-17-15-13-11-9-7-2/h8,10,13-16,19-22,24-25,27-28,30-31,33-34,36-37,39-40,42,44,61,65H,6-7,9,11-12,17-18,23,26,29,32,35,38,41,43,45-60H2,1-5H3/b10-8-,15-13-,16-14-,21-19-,22-20-,25-24-,28-27-,31-30-,34-33-,37-36-,40-39-,44-42-. The van der Waals surface area contributed by atoms with Crippen LogP contribution in [-0.2, 0) is 33.3 Å². The minimum absolute atomic E-state index is 0.131. The van der Waals surface area contributed by atoms with Crippen LogP contribution in [0.15, 0.2) is 146 Å². The van der Waals surface area contributed by atoms with Gasteiger partial charge in [-0.1, -0.05) is 205 Å². The molecule has 9 nitrogen and oxygen atoms in total. The van der Waals surface area contributed by atoms with Gasteiger partial charge in [-0.25, -0.2) is 0 Å². The molecular weight excluding hydrogens is 923 g/mol. The molecule has 0 amide bonds. The third kappa shape index (κ3) is 54.9. The largest absolute Gasteiger partial charge is 0.545 e. The van der Waals surface area contributed by atoms with Gasteiger partial charge in [-0.2, -0.15) is 0 Å². The Kier molecular flexibility index (Phi) is 50.9. The predicted molar refractivity (Wildman–Crippen MR) is 310 cm³/mol. The third-order valence-corrected chi connectivity index (χ3v) is 11.3. The molecule has 2 atom stereocenters. The molecule has 0 aromatic rings. The van der Waals surface area contributed by atoms with E-state index < -0.39 is 24.3 Å². The summed E-state index contributed by atoms with van der Waals surface area (Å²) >= 11 is 0. The minimum Gasteiger partial charge on any atom is -0.545 e. The van der Waals surface area contributed by atoms with E-state index in [-0.39, 0.29) is 38.6 Å². The fraction of sp³-hybridized carbons (Fsp3) is 0.585. The second-order valence-electron chi connectivity index (χ2n) is 19.5. The molecule has 0 aliphatic heterocycles. The molecule has 0 aliphatic rings. The van der Waals surface area contributed by atoms with Crippen LogP contribution in [0.2, 0.25) is 0 Å². The molecule has 74 heavy (non-hydrogen) atoms. The van der Waals surface area contributed by atoms with Crippen LogP contribution >= 0.6 is 0 Å². The molecule has 9 heteroatoms. The lowest BCUT2D eigenvalue weighted by Crippen LogP contribution is -2.44. The highest BCUT2D eigenvalue weighted by atomic mass is 16.7. The molecule has 0 aromatic carbocycles. The fourth-order valence-electron chi connectivity index (χ4n) is 6.93. The molecule has 0 radical (unpaired) electrons. The first-order chi connectivity index (χ1) is 36.1. The highest BCUT2D eigenvalue weighted by Gasteiger charge is 2.22. The van der Waals surface area contributed by atoms with Crippen molar-refractivity contribution in [2.45, 2.75) is 200 Å². The molecule has 0 saturated heterocycles. The van der Waals surface area contributed by atoms with Gasteiger partial charge in [0.15, 0.2) is 12.4 Å². The zero-order valence-electron chi connectivity index (χ0n) is 47.1. The topological polar surface area (TPSA) is 111 Å². The van der Waals surface area contributed by atoms with Crippen molar-refractivity contribution in [3.8, 4) is 0 Å². The molecule has 0 spiro atoms. The molecule has 0 rings (SSSR count). The number of hydrogen-bond donors (Lipinski definition) is 0. The summed E-state index contributed by atoms with van der Waals surface area (Å²) in [5.74, 6) is -2.36. The molecule has 0 bridgehead atoms. The van der Waals surface area contributed by atoms with Crippen LogP contribution in [0.4, 0.5) is 0 Å². The van der Waals surface area contributed by atoms with E-state index in [1.165, 1.54) is 12.8 Å². The van der Waals surface area contributed by atoms with Crippen molar-refractivity contribution in [3.05, 3.63) is 146 Å². The maximum absolute atomic E-state index is 12.8. The lowest BCUT2D eigenvalue weighted by molar-refractivity contribution is -0.870. The van der Waals surface area contributed by atoms with Crippen molar-refractivity contribution in [1.82, 2.24) is 0 Å². The average molecular weight is 1030 g/mol. The molecule has 0 fully saturated rings. The monoisotopic (exact) mass is 1030 g/mol. The average Bonchev–Trinajstić information content (AvgIpc) is 3.37. The van der Waals surface area contributed by atoms with Gasteiger partial charge in [0.2, 0.25) is 0 Å². The Balaban J connectivity index is 4.32. The predicted octanol–water partition coefficient (Wildman–Crippen LogP) is 15.5. The van der Waals surface area contributed by atoms with Crippen LogP contribution in [-0.4, -0.2) is 82.3 Å². The van der Waals surface area contributed by atoms with Crippen molar-refractivity contribution < 1.29 is 42.9 Å². The SMILES string of the molecule is CC/C=C\C/C=C\C/C=C\C/C=C\C/C=C\C/C=C\C/C=C\C/C=C\C/C=C\C/C=C\CCCCCCC(=O)OC(COC(=O)CCCCCCC/C=C\C/C=C\CCCC)COC(OCC[N+](C)(C)C)C(=O)[O-]. The number of rotatable bonds is 50. The molecule has 0 aromatic heterocycles. The first-order valence-electron chi connectivity index (χ1n) is 28.5. The number of likely N-dealkylation sites (N-methyl/N-ethyl adjacent to an activating group) is 1. The van der Waals surface area contributed by atoms with Gasteiger partial charge in [0, 0.05) is 12.8 Å². The molecule has 0 N–H and O–H groups in total. The number of carboxylic acids is 1. The Hall–Kier alpha value is -4.83. The number of hydrogen-bond acceptors (Lipinski definition) is 8. The highest BCUT2D eigenvalue weighted by Crippen LogP contribution is 2.12. The number of ether oxygens (including phenoxy) is 4. The Morgan fingerprint density at radius 3 is 1.15 bits per heavy atom. The van der Waals surface area contributed by atoms with Crippen molar-refractivity contribution in [2.24, 2.45) is 0 Å². The van der Waals surface area contributed by atoms with E-state index in [9.17, 15) is 19.5 Å². The number of unbranched alkanes of at least 4 members (excludes halogenated alkanes) is 11. The van der Waals surface area contributed by atoms with Crippen molar-refractivity contribution in [1.29, 1.82) is 0 Å². The normalized spacial score (nSPS) is 13.9. The molecule has 0 saturated carbocycles. The second kappa shape index (κ2) is 54.4. The summed E-state index contributed by atoms with van der Waals surface area (Å²) in [6, 6.07) is 0. The van der Waals surface area contributed by atoms with E-state index in [4.69, 9.17) is 18.9 Å². The zero-order valence-corrected chi connectivity index (χ0v) is 47.1. The van der Waals surface area contributed by atoms with Gasteiger partial charge < -0.3 is 33.3 Å². The number of carbonyl (C=O) groups excluding carboxylic acids is 3. The van der Waals surface area contributed by atoms with E-state index in [2.05, 4.69) is 160 Å². The molecule has 0 heterocycles. The fourth-order valence-corrected chi connectivity index (χ4v) is 6.93. The van der Waals surface area contributed by atoms with Gasteiger partial charge in [-0.15, -0.1) is 0 Å². The number of esters is 2. The number of nitrogens with zero attached hydrogens (tertiary/aromatic N) is 1. The summed E-state index contributed by atoms with van der Waals surface area (Å²) in [7, 11) is 5.89. The number of carboxylic acid groups (broad SMARTS) is 1. The Morgan fingerprint density at radius 2 is 0.770 bits per heavy atom. The van der Waals surface area contributed by atoms with E-state index in [0.29, 0.717) is 23.9 Å². The quantitative estimate of drug-likeness (QED) is 0.0195. The summed E-state index contributed by atoms with van der Waals surface area (Å²) in [5.41, 5.74) is 0. The van der Waals surface area contributed by atoms with Crippen LogP contribution in [0.25, 0.3) is 0 Å². The van der Waals surface area contributed by atoms with E-state index in [0.717, 1.165) is 135 Å². The van der Waals surface area contributed by atoms with Gasteiger partial charge >= 0.3 is 11.9 Å². The Labute approximate surface area is 452 Å². The smallest absolute Gasteiger partial charge is 0.306 e. The zero-order chi connectivity index (χ0) is 54.1. The number of aliphatic carboxylic acids is 1. The maximum Gasteiger partial charge on any atom is 0.306 e. The van der Waals surface area contributed by atoms with Crippen molar-refractivity contribution in [2.75, 3.05) is 47.5 Å². The van der Waals surface area contributed by atoms with Crippen LogP contribution in [0.3, 0.4) is 0 Å². The van der Waals surface area contributed by atoms with Crippen LogP contribution in [0.1, 0.15) is 187 Å². The molecule has 0 aliphatic carbocycles. The van der Waals surface area contributed by atoms with Crippen LogP contribution < -0.4 is 5.11 Å². The van der Waals surface area contributed by atoms with Gasteiger partial charge in [-0.05, 0) is 116 Å². The number of allylic oxidation sites excluding steroid dienone is 24. The maximum atomic E-state index is 12.8. The third-order valence-electron chi connectivity index (χ3n) is 11.3. The first kappa shape index (κ1) is 69.2. The first-order valence-corrected chi connectivity index (χ1v) is 28.5. The van der Waals surface area contributed by atoms with Gasteiger partial charge in [-0.3, -0.25) is 9.59 Å².